The van der Waals surface area contributed by atoms with E-state index in [4.69, 9.17) is 14.6 Å². The molecule has 1 aromatic heterocycles. The van der Waals surface area contributed by atoms with Gasteiger partial charge in [0.05, 0.1) is 25.6 Å². The summed E-state index contributed by atoms with van der Waals surface area (Å²) in [4.78, 5) is 18.7. The van der Waals surface area contributed by atoms with E-state index in [0.717, 1.165) is 0 Å². The largest absolute Gasteiger partial charge is 0.504 e. The Morgan fingerprint density at radius 3 is 2.59 bits per heavy atom. The highest BCUT2D eigenvalue weighted by Gasteiger charge is 2.09. The average molecular weight is 238 g/mol. The Balaban J connectivity index is 2.73. The van der Waals surface area contributed by atoms with Crippen molar-refractivity contribution in [1.82, 2.24) is 9.97 Å². The molecular weight excluding hydrogens is 224 g/mol. The molecule has 0 amide bonds. The van der Waals surface area contributed by atoms with E-state index in [1.165, 1.54) is 25.8 Å². The molecule has 1 heterocycles. The molecular formula is C11H14N2O4. The molecule has 0 aliphatic heterocycles. The minimum absolute atomic E-state index is 0.139. The topological polar surface area (TPSA) is 81.5 Å². The number of methoxy groups -OCH3 is 1. The van der Waals surface area contributed by atoms with Gasteiger partial charge in [-0.25, -0.2) is 14.8 Å². The smallest absolute Gasteiger partial charge is 0.335 e. The summed E-state index contributed by atoms with van der Waals surface area (Å²) in [5, 5.41) is 8.89. The van der Waals surface area contributed by atoms with Crippen LogP contribution in [0.5, 0.6) is 6.01 Å². The number of aromatic nitrogens is 2. The van der Waals surface area contributed by atoms with Crippen LogP contribution in [0.1, 0.15) is 12.5 Å². The molecule has 1 aromatic rings. The first-order valence-corrected chi connectivity index (χ1v) is 5.06. The number of rotatable bonds is 6. The van der Waals surface area contributed by atoms with Gasteiger partial charge in [-0.05, 0) is 12.5 Å². The van der Waals surface area contributed by atoms with E-state index in [1.807, 2.05) is 6.92 Å². The molecule has 0 saturated carbocycles. The number of carboxylic acid groups (broad SMARTS) is 1. The first-order chi connectivity index (χ1) is 8.17. The van der Waals surface area contributed by atoms with Crippen LogP contribution in [0.3, 0.4) is 0 Å². The standard InChI is InChI=1S/C11H14N2O4/c1-3-17-11-12-5-8(6-13-11)4-9(7-16-2)10(14)15/h5-7H,3-4H2,1-2H3,(H,14,15)/b9-7-. The molecule has 0 bridgehead atoms. The Labute approximate surface area is 98.9 Å². The Hall–Kier alpha value is -2.11. The molecule has 0 atom stereocenters. The zero-order valence-electron chi connectivity index (χ0n) is 9.71. The van der Waals surface area contributed by atoms with Crippen molar-refractivity contribution in [3.63, 3.8) is 0 Å². The van der Waals surface area contributed by atoms with E-state index < -0.39 is 5.97 Å². The maximum atomic E-state index is 10.8. The lowest BCUT2D eigenvalue weighted by Crippen LogP contribution is -2.05. The van der Waals surface area contributed by atoms with Crippen LogP contribution in [-0.2, 0) is 16.0 Å². The molecule has 0 aliphatic carbocycles. The van der Waals surface area contributed by atoms with Gasteiger partial charge in [0.1, 0.15) is 0 Å². The van der Waals surface area contributed by atoms with Crippen molar-refractivity contribution in [3.05, 3.63) is 29.8 Å². The van der Waals surface area contributed by atoms with Gasteiger partial charge in [0.2, 0.25) is 0 Å². The Morgan fingerprint density at radius 2 is 2.12 bits per heavy atom. The minimum Gasteiger partial charge on any atom is -0.504 e. The number of carboxylic acids is 1. The van der Waals surface area contributed by atoms with E-state index in [0.29, 0.717) is 12.2 Å². The molecule has 6 heteroatoms. The molecule has 0 spiro atoms. The van der Waals surface area contributed by atoms with Gasteiger partial charge < -0.3 is 14.6 Å². The number of ether oxygens (including phenoxy) is 2. The van der Waals surface area contributed by atoms with Crippen LogP contribution in [0.15, 0.2) is 24.2 Å². The fourth-order valence-electron chi connectivity index (χ4n) is 1.17. The Kier molecular flexibility index (Phi) is 4.93. The van der Waals surface area contributed by atoms with Gasteiger partial charge in [-0.3, -0.25) is 0 Å². The van der Waals surface area contributed by atoms with Crippen molar-refractivity contribution < 1.29 is 19.4 Å². The molecule has 17 heavy (non-hydrogen) atoms. The highest BCUT2D eigenvalue weighted by molar-refractivity contribution is 5.86. The predicted octanol–water partition coefficient (Wildman–Crippen LogP) is 1.03. The highest BCUT2D eigenvalue weighted by atomic mass is 16.5. The Bertz CT molecular complexity index is 400. The number of hydrogen-bond acceptors (Lipinski definition) is 5. The molecule has 0 fully saturated rings. The lowest BCUT2D eigenvalue weighted by Gasteiger charge is -2.03. The van der Waals surface area contributed by atoms with Crippen LogP contribution < -0.4 is 4.74 Å². The summed E-state index contributed by atoms with van der Waals surface area (Å²) < 4.78 is 9.77. The fourth-order valence-corrected chi connectivity index (χ4v) is 1.17. The first kappa shape index (κ1) is 13.0. The van der Waals surface area contributed by atoms with Gasteiger partial charge in [-0.2, -0.15) is 0 Å². The molecule has 0 saturated heterocycles. The van der Waals surface area contributed by atoms with Crippen molar-refractivity contribution in [2.45, 2.75) is 13.3 Å². The first-order valence-electron chi connectivity index (χ1n) is 5.06. The summed E-state index contributed by atoms with van der Waals surface area (Å²) in [6.45, 7) is 2.32. The van der Waals surface area contributed by atoms with E-state index in [9.17, 15) is 4.79 Å². The quantitative estimate of drug-likeness (QED) is 0.589. The highest BCUT2D eigenvalue weighted by Crippen LogP contribution is 2.09. The zero-order chi connectivity index (χ0) is 12.7. The van der Waals surface area contributed by atoms with Crippen LogP contribution in [0.4, 0.5) is 0 Å². The molecule has 6 nitrogen and oxygen atoms in total. The summed E-state index contributed by atoms with van der Waals surface area (Å²) in [5.74, 6) is -1.03. The van der Waals surface area contributed by atoms with Gasteiger partial charge >= 0.3 is 12.0 Å². The maximum absolute atomic E-state index is 10.8. The Morgan fingerprint density at radius 1 is 1.47 bits per heavy atom. The predicted molar refractivity (Wildman–Crippen MR) is 59.6 cm³/mol. The van der Waals surface area contributed by atoms with Crippen molar-refractivity contribution in [1.29, 1.82) is 0 Å². The molecule has 0 aromatic carbocycles. The summed E-state index contributed by atoms with van der Waals surface area (Å²) >= 11 is 0. The molecule has 0 unspecified atom stereocenters. The third-order valence-corrected chi connectivity index (χ3v) is 1.88. The summed E-state index contributed by atoms with van der Waals surface area (Å²) in [6.07, 6.45) is 4.46. The van der Waals surface area contributed by atoms with E-state index in [1.54, 1.807) is 0 Å². The third-order valence-electron chi connectivity index (χ3n) is 1.88. The second kappa shape index (κ2) is 6.47. The lowest BCUT2D eigenvalue weighted by molar-refractivity contribution is -0.132. The van der Waals surface area contributed by atoms with Crippen LogP contribution in [0, 0.1) is 0 Å². The van der Waals surface area contributed by atoms with Crippen molar-refractivity contribution in [2.75, 3.05) is 13.7 Å². The van der Waals surface area contributed by atoms with Crippen molar-refractivity contribution in [2.24, 2.45) is 0 Å². The molecule has 0 radical (unpaired) electrons. The van der Waals surface area contributed by atoms with Gasteiger partial charge in [0, 0.05) is 18.8 Å². The van der Waals surface area contributed by atoms with Crippen LogP contribution in [-0.4, -0.2) is 34.8 Å². The van der Waals surface area contributed by atoms with Crippen molar-refractivity contribution in [3.8, 4) is 6.01 Å². The second-order valence-corrected chi connectivity index (χ2v) is 3.17. The molecule has 0 aliphatic rings. The van der Waals surface area contributed by atoms with Gasteiger partial charge in [0.15, 0.2) is 0 Å². The number of aliphatic carboxylic acids is 1. The SMILES string of the molecule is CCOc1ncc(C/C(=C/OC)C(=O)O)cn1. The van der Waals surface area contributed by atoms with E-state index in [-0.39, 0.29) is 18.0 Å². The number of hydrogen-bond donors (Lipinski definition) is 1. The lowest BCUT2D eigenvalue weighted by atomic mass is 10.1. The average Bonchev–Trinajstić information content (AvgIpc) is 2.31. The van der Waals surface area contributed by atoms with Gasteiger partial charge in [-0.15, -0.1) is 0 Å². The van der Waals surface area contributed by atoms with Crippen LogP contribution >= 0.6 is 0 Å². The van der Waals surface area contributed by atoms with E-state index in [2.05, 4.69) is 9.97 Å². The van der Waals surface area contributed by atoms with Gasteiger partial charge in [-0.1, -0.05) is 0 Å². The maximum Gasteiger partial charge on any atom is 0.335 e. The molecule has 1 rings (SSSR count). The summed E-state index contributed by atoms with van der Waals surface area (Å²) in [5.41, 5.74) is 0.819. The minimum atomic E-state index is -1.03. The van der Waals surface area contributed by atoms with Crippen LogP contribution in [0.25, 0.3) is 0 Å². The number of nitrogens with zero attached hydrogens (tertiary/aromatic N) is 2. The number of carbonyl (C=O) groups is 1. The summed E-state index contributed by atoms with van der Waals surface area (Å²) in [6, 6.07) is 0.281. The zero-order valence-corrected chi connectivity index (χ0v) is 9.71. The van der Waals surface area contributed by atoms with E-state index >= 15 is 0 Å². The fraction of sp³-hybridized carbons (Fsp3) is 0.364. The second-order valence-electron chi connectivity index (χ2n) is 3.17. The summed E-state index contributed by atoms with van der Waals surface area (Å²) in [7, 11) is 1.40. The van der Waals surface area contributed by atoms with Gasteiger partial charge in [0.25, 0.3) is 0 Å². The van der Waals surface area contributed by atoms with Crippen molar-refractivity contribution >= 4 is 5.97 Å². The monoisotopic (exact) mass is 238 g/mol. The third kappa shape index (κ3) is 4.10. The van der Waals surface area contributed by atoms with Crippen LogP contribution in [0.2, 0.25) is 0 Å². The molecule has 1 N–H and O–H groups in total. The molecule has 92 valence electrons. The normalized spacial score (nSPS) is 11.1.